The average molecular weight is 394 g/mol. The first-order valence-corrected chi connectivity index (χ1v) is 8.30. The van der Waals surface area contributed by atoms with Gasteiger partial charge in [0.15, 0.2) is 5.78 Å². The Labute approximate surface area is 135 Å². The Morgan fingerprint density at radius 1 is 0.950 bits per heavy atom. The van der Waals surface area contributed by atoms with Crippen LogP contribution < -0.4 is 0 Å². The van der Waals surface area contributed by atoms with Crippen LogP contribution in [-0.4, -0.2) is 5.78 Å². The second-order valence-corrected chi connectivity index (χ2v) is 7.05. The minimum absolute atomic E-state index is 0.157. The molecule has 2 aromatic carbocycles. The third kappa shape index (κ3) is 3.04. The van der Waals surface area contributed by atoms with E-state index in [-0.39, 0.29) is 5.78 Å². The molecule has 102 valence electrons. The fourth-order valence-electron chi connectivity index (χ4n) is 2.74. The van der Waals surface area contributed by atoms with Gasteiger partial charge in [-0.1, -0.05) is 50.1 Å². The maximum absolute atomic E-state index is 12.4. The van der Waals surface area contributed by atoms with Gasteiger partial charge in [0.1, 0.15) is 0 Å². The molecule has 1 nitrogen and oxygen atoms in total. The molecule has 0 amide bonds. The van der Waals surface area contributed by atoms with Gasteiger partial charge in [0.2, 0.25) is 0 Å². The third-order valence-electron chi connectivity index (χ3n) is 3.71. The number of hydrogen-bond donors (Lipinski definition) is 0. The topological polar surface area (TPSA) is 17.1 Å². The van der Waals surface area contributed by atoms with Crippen LogP contribution in [0.4, 0.5) is 0 Å². The van der Waals surface area contributed by atoms with E-state index in [0.717, 1.165) is 26.5 Å². The molecular weight excluding hydrogens is 380 g/mol. The molecule has 1 aliphatic rings. The van der Waals surface area contributed by atoms with E-state index in [1.54, 1.807) is 0 Å². The fourth-order valence-corrected chi connectivity index (χ4v) is 4.03. The molecule has 0 heterocycles. The quantitative estimate of drug-likeness (QED) is 0.661. The van der Waals surface area contributed by atoms with Crippen LogP contribution in [0.15, 0.2) is 45.3 Å². The van der Waals surface area contributed by atoms with Crippen molar-refractivity contribution in [3.63, 3.8) is 0 Å². The summed E-state index contributed by atoms with van der Waals surface area (Å²) in [5.41, 5.74) is 4.73. The van der Waals surface area contributed by atoms with Crippen molar-refractivity contribution in [2.75, 3.05) is 0 Å². The molecule has 0 radical (unpaired) electrons. The molecule has 20 heavy (non-hydrogen) atoms. The first kappa shape index (κ1) is 14.0. The molecule has 0 aliphatic heterocycles. The SMILES string of the molecule is O=C(Cc1ccc2c(c1)CCC2)c1cc(Br)cc(Br)c1. The molecule has 0 saturated carbocycles. The molecule has 0 fully saturated rings. The monoisotopic (exact) mass is 392 g/mol. The Bertz CT molecular complexity index is 656. The molecule has 0 spiro atoms. The molecule has 0 N–H and O–H groups in total. The molecule has 2 aromatic rings. The second kappa shape index (κ2) is 5.82. The van der Waals surface area contributed by atoms with Crippen LogP contribution in [0.2, 0.25) is 0 Å². The summed E-state index contributed by atoms with van der Waals surface area (Å²) in [6.07, 6.45) is 4.05. The standard InChI is InChI=1S/C17H14Br2O/c18-15-8-14(9-16(19)10-15)17(20)7-11-4-5-12-2-1-3-13(12)6-11/h4-6,8-10H,1-3,7H2. The zero-order valence-corrected chi connectivity index (χ0v) is 14.1. The Balaban J connectivity index is 1.82. The van der Waals surface area contributed by atoms with E-state index < -0.39 is 0 Å². The molecule has 0 atom stereocenters. The number of carbonyl (C=O) groups excluding carboxylic acids is 1. The lowest BCUT2D eigenvalue weighted by Gasteiger charge is -2.06. The lowest BCUT2D eigenvalue weighted by Crippen LogP contribution is -2.04. The number of benzene rings is 2. The lowest BCUT2D eigenvalue weighted by molar-refractivity contribution is 0.0993. The van der Waals surface area contributed by atoms with Crippen LogP contribution in [0.5, 0.6) is 0 Å². The summed E-state index contributed by atoms with van der Waals surface area (Å²) in [5, 5.41) is 0. The summed E-state index contributed by atoms with van der Waals surface area (Å²) in [7, 11) is 0. The summed E-state index contributed by atoms with van der Waals surface area (Å²) in [6.45, 7) is 0. The van der Waals surface area contributed by atoms with Crippen LogP contribution in [0.3, 0.4) is 0 Å². The Kier molecular flexibility index (Phi) is 4.08. The summed E-state index contributed by atoms with van der Waals surface area (Å²) in [4.78, 5) is 12.4. The number of ketones is 1. The van der Waals surface area contributed by atoms with Crippen LogP contribution >= 0.6 is 31.9 Å². The molecule has 0 bridgehead atoms. The molecule has 3 rings (SSSR count). The van der Waals surface area contributed by atoms with Gasteiger partial charge in [0.25, 0.3) is 0 Å². The van der Waals surface area contributed by atoms with Gasteiger partial charge in [-0.25, -0.2) is 0 Å². The van der Waals surface area contributed by atoms with Crippen LogP contribution in [0, 0.1) is 0 Å². The number of halogens is 2. The lowest BCUT2D eigenvalue weighted by atomic mass is 10.00. The number of rotatable bonds is 3. The van der Waals surface area contributed by atoms with Gasteiger partial charge in [0.05, 0.1) is 0 Å². The smallest absolute Gasteiger partial charge is 0.167 e. The number of Topliss-reactive ketones (excluding diaryl/α,β-unsaturated/α-hetero) is 1. The maximum atomic E-state index is 12.4. The molecule has 0 aromatic heterocycles. The molecule has 0 saturated heterocycles. The Morgan fingerprint density at radius 3 is 2.40 bits per heavy atom. The zero-order valence-electron chi connectivity index (χ0n) is 11.0. The zero-order chi connectivity index (χ0) is 14.1. The van der Waals surface area contributed by atoms with E-state index in [4.69, 9.17) is 0 Å². The predicted octanol–water partition coefficient (Wildman–Crippen LogP) is 5.13. The largest absolute Gasteiger partial charge is 0.294 e. The Morgan fingerprint density at radius 2 is 1.65 bits per heavy atom. The number of aryl methyl sites for hydroxylation is 2. The third-order valence-corrected chi connectivity index (χ3v) is 4.63. The van der Waals surface area contributed by atoms with Crippen molar-refractivity contribution in [2.45, 2.75) is 25.7 Å². The maximum Gasteiger partial charge on any atom is 0.167 e. The van der Waals surface area contributed by atoms with Crippen molar-refractivity contribution in [2.24, 2.45) is 0 Å². The summed E-state index contributed by atoms with van der Waals surface area (Å²) < 4.78 is 1.84. The predicted molar refractivity (Wildman–Crippen MR) is 88.3 cm³/mol. The van der Waals surface area contributed by atoms with Gasteiger partial charge in [-0.05, 0) is 54.2 Å². The Hall–Kier alpha value is -0.930. The van der Waals surface area contributed by atoms with E-state index in [1.807, 2.05) is 18.2 Å². The summed E-state index contributed by atoms with van der Waals surface area (Å²) >= 11 is 6.85. The van der Waals surface area contributed by atoms with Gasteiger partial charge in [-0.2, -0.15) is 0 Å². The first-order chi connectivity index (χ1) is 9.61. The normalized spacial score (nSPS) is 13.3. The summed E-state index contributed by atoms with van der Waals surface area (Å²) in [5.74, 6) is 0.157. The highest BCUT2D eigenvalue weighted by Crippen LogP contribution is 2.24. The second-order valence-electron chi connectivity index (χ2n) is 5.21. The van der Waals surface area contributed by atoms with Gasteiger partial charge in [-0.3, -0.25) is 4.79 Å². The van der Waals surface area contributed by atoms with Crippen molar-refractivity contribution in [3.8, 4) is 0 Å². The van der Waals surface area contributed by atoms with E-state index in [1.165, 1.54) is 24.0 Å². The van der Waals surface area contributed by atoms with Crippen LogP contribution in [0.25, 0.3) is 0 Å². The van der Waals surface area contributed by atoms with Crippen molar-refractivity contribution in [1.82, 2.24) is 0 Å². The molecule has 0 unspecified atom stereocenters. The number of fused-ring (bicyclic) bond motifs is 1. The van der Waals surface area contributed by atoms with Crippen LogP contribution in [-0.2, 0) is 19.3 Å². The van der Waals surface area contributed by atoms with Crippen molar-refractivity contribution in [3.05, 3.63) is 67.6 Å². The van der Waals surface area contributed by atoms with E-state index in [2.05, 4.69) is 50.1 Å². The molecule has 3 heteroatoms. The highest BCUT2D eigenvalue weighted by molar-refractivity contribution is 9.11. The fraction of sp³-hybridized carbons (Fsp3) is 0.235. The van der Waals surface area contributed by atoms with E-state index >= 15 is 0 Å². The highest BCUT2D eigenvalue weighted by Gasteiger charge is 2.13. The minimum atomic E-state index is 0.157. The van der Waals surface area contributed by atoms with Crippen molar-refractivity contribution < 1.29 is 4.79 Å². The molecule has 1 aliphatic carbocycles. The average Bonchev–Trinajstić information content (AvgIpc) is 2.85. The van der Waals surface area contributed by atoms with E-state index in [0.29, 0.717) is 6.42 Å². The van der Waals surface area contributed by atoms with Gasteiger partial charge >= 0.3 is 0 Å². The number of carbonyl (C=O) groups is 1. The van der Waals surface area contributed by atoms with Crippen molar-refractivity contribution >= 4 is 37.6 Å². The van der Waals surface area contributed by atoms with Gasteiger partial charge in [-0.15, -0.1) is 0 Å². The first-order valence-electron chi connectivity index (χ1n) is 6.72. The van der Waals surface area contributed by atoms with Crippen LogP contribution in [0.1, 0.15) is 33.5 Å². The van der Waals surface area contributed by atoms with Gasteiger partial charge < -0.3 is 0 Å². The van der Waals surface area contributed by atoms with Crippen molar-refractivity contribution in [1.29, 1.82) is 0 Å². The molecular formula is C17H14Br2O. The summed E-state index contributed by atoms with van der Waals surface area (Å²) in [6, 6.07) is 12.2. The van der Waals surface area contributed by atoms with E-state index in [9.17, 15) is 4.79 Å². The number of hydrogen-bond acceptors (Lipinski definition) is 1. The highest BCUT2D eigenvalue weighted by atomic mass is 79.9. The van der Waals surface area contributed by atoms with Gasteiger partial charge in [0, 0.05) is 20.9 Å². The minimum Gasteiger partial charge on any atom is -0.294 e.